The zero-order valence-electron chi connectivity index (χ0n) is 8.73. The normalized spacial score (nSPS) is 11.9. The van der Waals surface area contributed by atoms with Crippen LogP contribution in [-0.2, 0) is 12.8 Å². The lowest BCUT2D eigenvalue weighted by atomic mass is 10.1. The van der Waals surface area contributed by atoms with Crippen molar-refractivity contribution >= 4 is 12.4 Å². The smallest absolute Gasteiger partial charge is 0.127 e. The first-order valence-electron chi connectivity index (χ1n) is 4.81. The molecule has 0 fully saturated rings. The summed E-state index contributed by atoms with van der Waals surface area (Å²) in [6.45, 7) is 4.14. The van der Waals surface area contributed by atoms with Gasteiger partial charge in [0, 0.05) is 24.9 Å². The molecule has 1 rings (SSSR count). The number of aromatic nitrogens is 2. The number of nitrogens with zero attached hydrogens (tertiary/aromatic N) is 2. The summed E-state index contributed by atoms with van der Waals surface area (Å²) in [5, 5.41) is 0. The molecule has 2 N–H and O–H groups in total. The minimum absolute atomic E-state index is 0. The van der Waals surface area contributed by atoms with E-state index in [1.807, 2.05) is 19.3 Å². The Bertz CT molecular complexity index is 248. The molecule has 3 nitrogen and oxygen atoms in total. The summed E-state index contributed by atoms with van der Waals surface area (Å²) < 4.78 is 0. The molecular formula is C10H18ClN3. The molecule has 0 aliphatic rings. The summed E-state index contributed by atoms with van der Waals surface area (Å²) >= 11 is 0. The Morgan fingerprint density at radius 1 is 1.29 bits per heavy atom. The highest BCUT2D eigenvalue weighted by Crippen LogP contribution is 2.02. The molecular weight excluding hydrogens is 198 g/mol. The SMILES string of the molecule is CCc1ncc(CC(N)CC)cn1.Cl. The molecule has 1 aromatic rings. The second kappa shape index (κ2) is 6.74. The molecule has 0 spiro atoms. The van der Waals surface area contributed by atoms with Crippen LogP contribution < -0.4 is 5.73 Å². The fourth-order valence-electron chi connectivity index (χ4n) is 1.12. The van der Waals surface area contributed by atoms with Gasteiger partial charge in [0.15, 0.2) is 0 Å². The highest BCUT2D eigenvalue weighted by Gasteiger charge is 2.01. The summed E-state index contributed by atoms with van der Waals surface area (Å²) in [6.07, 6.45) is 6.51. The predicted octanol–water partition coefficient (Wildman–Crippen LogP) is 1.74. The Hall–Kier alpha value is -0.670. The van der Waals surface area contributed by atoms with Gasteiger partial charge in [-0.3, -0.25) is 0 Å². The summed E-state index contributed by atoms with van der Waals surface area (Å²) in [5.74, 6) is 0.897. The van der Waals surface area contributed by atoms with Crippen molar-refractivity contribution in [1.82, 2.24) is 9.97 Å². The van der Waals surface area contributed by atoms with Gasteiger partial charge in [-0.15, -0.1) is 12.4 Å². The van der Waals surface area contributed by atoms with Crippen LogP contribution in [0.4, 0.5) is 0 Å². The predicted molar refractivity (Wildman–Crippen MR) is 60.6 cm³/mol. The number of nitrogens with two attached hydrogens (primary N) is 1. The van der Waals surface area contributed by atoms with E-state index in [9.17, 15) is 0 Å². The van der Waals surface area contributed by atoms with Gasteiger partial charge in [-0.25, -0.2) is 9.97 Å². The van der Waals surface area contributed by atoms with Crippen molar-refractivity contribution in [2.75, 3.05) is 0 Å². The van der Waals surface area contributed by atoms with E-state index in [0.717, 1.165) is 30.7 Å². The third-order valence-electron chi connectivity index (χ3n) is 2.10. The fourth-order valence-corrected chi connectivity index (χ4v) is 1.12. The molecule has 0 amide bonds. The average molecular weight is 216 g/mol. The van der Waals surface area contributed by atoms with E-state index in [1.165, 1.54) is 0 Å². The second-order valence-corrected chi connectivity index (χ2v) is 3.23. The molecule has 1 heterocycles. The van der Waals surface area contributed by atoms with Crippen LogP contribution >= 0.6 is 12.4 Å². The molecule has 0 bridgehead atoms. The molecule has 1 atom stereocenters. The molecule has 1 aromatic heterocycles. The van der Waals surface area contributed by atoms with E-state index in [4.69, 9.17) is 5.73 Å². The highest BCUT2D eigenvalue weighted by atomic mass is 35.5. The summed E-state index contributed by atoms with van der Waals surface area (Å²) in [7, 11) is 0. The van der Waals surface area contributed by atoms with Crippen molar-refractivity contribution in [1.29, 1.82) is 0 Å². The molecule has 0 saturated heterocycles. The van der Waals surface area contributed by atoms with E-state index in [0.29, 0.717) is 0 Å². The lowest BCUT2D eigenvalue weighted by Crippen LogP contribution is -2.21. The van der Waals surface area contributed by atoms with Gasteiger partial charge in [0.2, 0.25) is 0 Å². The van der Waals surface area contributed by atoms with Crippen molar-refractivity contribution in [2.24, 2.45) is 5.73 Å². The van der Waals surface area contributed by atoms with Crippen LogP contribution in [0.3, 0.4) is 0 Å². The van der Waals surface area contributed by atoms with E-state index in [-0.39, 0.29) is 18.4 Å². The maximum absolute atomic E-state index is 5.82. The monoisotopic (exact) mass is 215 g/mol. The quantitative estimate of drug-likeness (QED) is 0.833. The molecule has 14 heavy (non-hydrogen) atoms. The molecule has 0 aliphatic heterocycles. The molecule has 1 unspecified atom stereocenters. The lowest BCUT2D eigenvalue weighted by Gasteiger charge is -2.07. The topological polar surface area (TPSA) is 51.8 Å². The highest BCUT2D eigenvalue weighted by molar-refractivity contribution is 5.85. The third-order valence-corrected chi connectivity index (χ3v) is 2.10. The molecule has 0 aromatic carbocycles. The summed E-state index contributed by atoms with van der Waals surface area (Å²) in [6, 6.07) is 0.232. The number of hydrogen-bond donors (Lipinski definition) is 1. The fraction of sp³-hybridized carbons (Fsp3) is 0.600. The number of halogens is 1. The average Bonchev–Trinajstić information content (AvgIpc) is 2.19. The van der Waals surface area contributed by atoms with Crippen LogP contribution in [0.25, 0.3) is 0 Å². The first-order valence-corrected chi connectivity index (χ1v) is 4.81. The van der Waals surface area contributed by atoms with Gasteiger partial charge in [-0.1, -0.05) is 13.8 Å². The Morgan fingerprint density at radius 2 is 1.86 bits per heavy atom. The summed E-state index contributed by atoms with van der Waals surface area (Å²) in [4.78, 5) is 8.44. The molecule has 0 saturated carbocycles. The number of rotatable bonds is 4. The minimum atomic E-state index is 0. The zero-order chi connectivity index (χ0) is 9.68. The van der Waals surface area contributed by atoms with Crippen molar-refractivity contribution in [2.45, 2.75) is 39.2 Å². The second-order valence-electron chi connectivity index (χ2n) is 3.23. The first kappa shape index (κ1) is 13.3. The van der Waals surface area contributed by atoms with Crippen LogP contribution in [0.2, 0.25) is 0 Å². The first-order chi connectivity index (χ1) is 6.26. The number of hydrogen-bond acceptors (Lipinski definition) is 3. The van der Waals surface area contributed by atoms with Gasteiger partial charge in [0.05, 0.1) is 0 Å². The van der Waals surface area contributed by atoms with E-state index < -0.39 is 0 Å². The van der Waals surface area contributed by atoms with Gasteiger partial charge in [0.1, 0.15) is 5.82 Å². The Labute approximate surface area is 91.6 Å². The third kappa shape index (κ3) is 4.03. The maximum atomic E-state index is 5.82. The van der Waals surface area contributed by atoms with Crippen LogP contribution in [0.15, 0.2) is 12.4 Å². The van der Waals surface area contributed by atoms with Gasteiger partial charge in [-0.05, 0) is 18.4 Å². The van der Waals surface area contributed by atoms with Crippen LogP contribution in [0.1, 0.15) is 31.7 Å². The van der Waals surface area contributed by atoms with Crippen molar-refractivity contribution in [3.63, 3.8) is 0 Å². The molecule has 0 aliphatic carbocycles. The maximum Gasteiger partial charge on any atom is 0.127 e. The van der Waals surface area contributed by atoms with Crippen LogP contribution in [0, 0.1) is 0 Å². The molecule has 4 heteroatoms. The minimum Gasteiger partial charge on any atom is -0.327 e. The Balaban J connectivity index is 0.00000169. The zero-order valence-corrected chi connectivity index (χ0v) is 9.55. The van der Waals surface area contributed by atoms with Crippen molar-refractivity contribution < 1.29 is 0 Å². The Kier molecular flexibility index (Phi) is 6.41. The van der Waals surface area contributed by atoms with Gasteiger partial charge in [0.25, 0.3) is 0 Å². The van der Waals surface area contributed by atoms with Crippen LogP contribution in [-0.4, -0.2) is 16.0 Å². The van der Waals surface area contributed by atoms with Crippen LogP contribution in [0.5, 0.6) is 0 Å². The molecule has 80 valence electrons. The standard InChI is InChI=1S/C10H17N3.ClH/c1-3-9(11)5-8-6-12-10(4-2)13-7-8;/h6-7,9H,3-5,11H2,1-2H3;1H. The lowest BCUT2D eigenvalue weighted by molar-refractivity contribution is 0.642. The summed E-state index contributed by atoms with van der Waals surface area (Å²) in [5.41, 5.74) is 6.95. The molecule has 0 radical (unpaired) electrons. The van der Waals surface area contributed by atoms with Gasteiger partial charge >= 0.3 is 0 Å². The van der Waals surface area contributed by atoms with Crippen molar-refractivity contribution in [3.05, 3.63) is 23.8 Å². The van der Waals surface area contributed by atoms with Crippen molar-refractivity contribution in [3.8, 4) is 0 Å². The van der Waals surface area contributed by atoms with E-state index >= 15 is 0 Å². The van der Waals surface area contributed by atoms with Gasteiger partial charge < -0.3 is 5.73 Å². The van der Waals surface area contributed by atoms with E-state index in [2.05, 4.69) is 16.9 Å². The Morgan fingerprint density at radius 3 is 2.29 bits per heavy atom. The van der Waals surface area contributed by atoms with E-state index in [1.54, 1.807) is 0 Å². The van der Waals surface area contributed by atoms with Gasteiger partial charge in [-0.2, -0.15) is 0 Å². The number of aryl methyl sites for hydroxylation is 1. The largest absolute Gasteiger partial charge is 0.327 e.